The Balaban J connectivity index is 2.03. The maximum absolute atomic E-state index is 13.1. The molecule has 4 nitrogen and oxygen atoms in total. The van der Waals surface area contributed by atoms with Gasteiger partial charge in [-0.1, -0.05) is 45.2 Å². The van der Waals surface area contributed by atoms with Gasteiger partial charge in [0.2, 0.25) is 0 Å². The summed E-state index contributed by atoms with van der Waals surface area (Å²) >= 11 is 0. The Kier molecular flexibility index (Phi) is 8.89. The minimum atomic E-state index is -0.225. The van der Waals surface area contributed by atoms with Gasteiger partial charge in [-0.3, -0.25) is 0 Å². The molecule has 1 N–H and O–H groups in total. The average molecular weight is 374 g/mol. The number of nitrogens with zero attached hydrogens (tertiary/aromatic N) is 2. The Bertz CT molecular complexity index is 681. The Hall–Kier alpha value is -2.30. The number of hydrogen-bond donors (Lipinski definition) is 1. The van der Waals surface area contributed by atoms with E-state index in [-0.39, 0.29) is 11.8 Å². The van der Waals surface area contributed by atoms with E-state index in [1.54, 1.807) is 12.1 Å². The number of urea groups is 1. The minimum Gasteiger partial charge on any atom is -0.345 e. The monoisotopic (exact) mass is 373 g/mol. The third-order valence-corrected chi connectivity index (χ3v) is 4.67. The zero-order valence-corrected chi connectivity index (χ0v) is 16.6. The number of carbonyl (C=O) groups is 1. The predicted octanol–water partition coefficient (Wildman–Crippen LogP) is 5.18. The van der Waals surface area contributed by atoms with Crippen molar-refractivity contribution in [3.8, 4) is 0 Å². The standard InChI is InChI=1S/C22H32FN3O/c1-3-5-7-15-26(22(27)24-14-6-4-2)18-21-9-8-16-25(21)17-19-10-12-20(23)13-11-19/h8-13,16H,3-7,14-15,17-18H2,1-2H3,(H,24,27). The summed E-state index contributed by atoms with van der Waals surface area (Å²) in [6.45, 7) is 7.01. The van der Waals surface area contributed by atoms with Crippen molar-refractivity contribution in [2.45, 2.75) is 59.0 Å². The number of benzene rings is 1. The first-order valence-electron chi connectivity index (χ1n) is 10.0. The molecule has 0 radical (unpaired) electrons. The number of hydrogen-bond acceptors (Lipinski definition) is 1. The van der Waals surface area contributed by atoms with E-state index in [0.717, 1.165) is 56.5 Å². The molecule has 0 aliphatic carbocycles. The van der Waals surface area contributed by atoms with Crippen LogP contribution in [-0.2, 0) is 13.1 Å². The van der Waals surface area contributed by atoms with Crippen LogP contribution >= 0.6 is 0 Å². The Morgan fingerprint density at radius 2 is 1.81 bits per heavy atom. The zero-order valence-electron chi connectivity index (χ0n) is 16.6. The molecule has 0 aliphatic heterocycles. The molecule has 1 aromatic heterocycles. The van der Waals surface area contributed by atoms with Crippen LogP contribution in [0.1, 0.15) is 57.2 Å². The number of rotatable bonds is 11. The molecule has 0 saturated heterocycles. The molecule has 148 valence electrons. The lowest BCUT2D eigenvalue weighted by atomic mass is 10.2. The van der Waals surface area contributed by atoms with Gasteiger partial charge in [-0.15, -0.1) is 0 Å². The molecule has 5 heteroatoms. The molecule has 0 saturated carbocycles. The maximum Gasteiger partial charge on any atom is 0.317 e. The maximum atomic E-state index is 13.1. The molecule has 2 amide bonds. The highest BCUT2D eigenvalue weighted by molar-refractivity contribution is 5.74. The van der Waals surface area contributed by atoms with E-state index in [9.17, 15) is 9.18 Å². The van der Waals surface area contributed by atoms with Crippen molar-refractivity contribution < 1.29 is 9.18 Å². The largest absolute Gasteiger partial charge is 0.345 e. The molecule has 0 atom stereocenters. The van der Waals surface area contributed by atoms with Crippen LogP contribution in [0.15, 0.2) is 42.6 Å². The van der Waals surface area contributed by atoms with E-state index >= 15 is 0 Å². The molecule has 27 heavy (non-hydrogen) atoms. The van der Waals surface area contributed by atoms with Gasteiger partial charge in [-0.2, -0.15) is 0 Å². The van der Waals surface area contributed by atoms with E-state index in [1.807, 2.05) is 17.2 Å². The van der Waals surface area contributed by atoms with Gasteiger partial charge in [0.15, 0.2) is 0 Å². The van der Waals surface area contributed by atoms with Gasteiger partial charge in [0.05, 0.1) is 6.54 Å². The lowest BCUT2D eigenvalue weighted by Gasteiger charge is -2.24. The Labute approximate surface area is 162 Å². The smallest absolute Gasteiger partial charge is 0.317 e. The second-order valence-corrected chi connectivity index (χ2v) is 6.97. The van der Waals surface area contributed by atoms with Crippen LogP contribution in [0.25, 0.3) is 0 Å². The Morgan fingerprint density at radius 3 is 2.52 bits per heavy atom. The summed E-state index contributed by atoms with van der Waals surface area (Å²) in [5, 5.41) is 3.03. The number of halogens is 1. The van der Waals surface area contributed by atoms with Crippen LogP contribution in [0.2, 0.25) is 0 Å². The fourth-order valence-electron chi connectivity index (χ4n) is 3.02. The van der Waals surface area contributed by atoms with Crippen molar-refractivity contribution in [2.75, 3.05) is 13.1 Å². The molecule has 1 aromatic carbocycles. The van der Waals surface area contributed by atoms with Gasteiger partial charge in [-0.05, 0) is 42.7 Å². The van der Waals surface area contributed by atoms with Gasteiger partial charge in [0.1, 0.15) is 5.82 Å². The molecule has 2 rings (SSSR count). The average Bonchev–Trinajstić information content (AvgIpc) is 3.09. The van der Waals surface area contributed by atoms with Crippen molar-refractivity contribution >= 4 is 6.03 Å². The van der Waals surface area contributed by atoms with E-state index in [2.05, 4.69) is 29.8 Å². The second kappa shape index (κ2) is 11.4. The molecule has 0 bridgehead atoms. The number of amides is 2. The van der Waals surface area contributed by atoms with Crippen molar-refractivity contribution in [1.29, 1.82) is 0 Å². The van der Waals surface area contributed by atoms with Crippen LogP contribution in [0.3, 0.4) is 0 Å². The van der Waals surface area contributed by atoms with Crippen molar-refractivity contribution in [3.63, 3.8) is 0 Å². The van der Waals surface area contributed by atoms with E-state index in [0.29, 0.717) is 13.1 Å². The van der Waals surface area contributed by atoms with E-state index < -0.39 is 0 Å². The van der Waals surface area contributed by atoms with Crippen molar-refractivity contribution in [2.24, 2.45) is 0 Å². The molecule has 1 heterocycles. The van der Waals surface area contributed by atoms with Crippen molar-refractivity contribution in [3.05, 3.63) is 59.7 Å². The van der Waals surface area contributed by atoms with Gasteiger partial charge in [-0.25, -0.2) is 9.18 Å². The van der Waals surface area contributed by atoms with Crippen LogP contribution in [0.5, 0.6) is 0 Å². The van der Waals surface area contributed by atoms with Crippen LogP contribution < -0.4 is 5.32 Å². The minimum absolute atomic E-state index is 0.00841. The third-order valence-electron chi connectivity index (χ3n) is 4.67. The second-order valence-electron chi connectivity index (χ2n) is 6.97. The molecule has 0 fully saturated rings. The highest BCUT2D eigenvalue weighted by Gasteiger charge is 2.15. The van der Waals surface area contributed by atoms with E-state index in [4.69, 9.17) is 0 Å². The molecular formula is C22H32FN3O. The van der Waals surface area contributed by atoms with Gasteiger partial charge >= 0.3 is 6.03 Å². The lowest BCUT2D eigenvalue weighted by molar-refractivity contribution is 0.192. The topological polar surface area (TPSA) is 37.3 Å². The number of aromatic nitrogens is 1. The Morgan fingerprint density at radius 1 is 1.07 bits per heavy atom. The van der Waals surface area contributed by atoms with Crippen molar-refractivity contribution in [1.82, 2.24) is 14.8 Å². The number of nitrogens with one attached hydrogen (secondary N) is 1. The highest BCUT2D eigenvalue weighted by Crippen LogP contribution is 2.12. The summed E-state index contributed by atoms with van der Waals surface area (Å²) < 4.78 is 15.2. The van der Waals surface area contributed by atoms with Crippen LogP contribution in [0, 0.1) is 5.82 Å². The predicted molar refractivity (Wildman–Crippen MR) is 108 cm³/mol. The number of unbranched alkanes of at least 4 members (excludes halogenated alkanes) is 3. The van der Waals surface area contributed by atoms with Gasteiger partial charge in [0, 0.05) is 31.5 Å². The number of carbonyl (C=O) groups excluding carboxylic acids is 1. The molecular weight excluding hydrogens is 341 g/mol. The normalized spacial score (nSPS) is 10.8. The lowest BCUT2D eigenvalue weighted by Crippen LogP contribution is -2.40. The first-order chi connectivity index (χ1) is 13.1. The fraction of sp³-hybridized carbons (Fsp3) is 0.500. The van der Waals surface area contributed by atoms with Crippen LogP contribution in [0.4, 0.5) is 9.18 Å². The SMILES string of the molecule is CCCCCN(Cc1cccn1Cc1ccc(F)cc1)C(=O)NCCCC. The van der Waals surface area contributed by atoms with Gasteiger partial charge < -0.3 is 14.8 Å². The van der Waals surface area contributed by atoms with Gasteiger partial charge in [0.25, 0.3) is 0 Å². The van der Waals surface area contributed by atoms with Crippen LogP contribution in [-0.4, -0.2) is 28.6 Å². The summed E-state index contributed by atoms with van der Waals surface area (Å²) in [6, 6.07) is 10.6. The third kappa shape index (κ3) is 7.08. The summed E-state index contributed by atoms with van der Waals surface area (Å²) in [4.78, 5) is 14.5. The summed E-state index contributed by atoms with van der Waals surface area (Å²) in [6.07, 6.45) is 7.34. The molecule has 0 spiro atoms. The first kappa shape index (κ1) is 21.0. The molecule has 0 aliphatic rings. The van der Waals surface area contributed by atoms with E-state index in [1.165, 1.54) is 12.1 Å². The zero-order chi connectivity index (χ0) is 19.5. The highest BCUT2D eigenvalue weighted by atomic mass is 19.1. The summed E-state index contributed by atoms with van der Waals surface area (Å²) in [7, 11) is 0. The molecule has 0 unspecified atom stereocenters. The first-order valence-corrected chi connectivity index (χ1v) is 10.0. The summed E-state index contributed by atoms with van der Waals surface area (Å²) in [5.41, 5.74) is 2.13. The fourth-order valence-corrected chi connectivity index (χ4v) is 3.02. The molecule has 2 aromatic rings. The quantitative estimate of drug-likeness (QED) is 0.542. The summed E-state index contributed by atoms with van der Waals surface area (Å²) in [5.74, 6) is -0.225.